The highest BCUT2D eigenvalue weighted by Gasteiger charge is 2.20. The molecule has 6 nitrogen and oxygen atoms in total. The van der Waals surface area contributed by atoms with Gasteiger partial charge in [-0.15, -0.1) is 5.10 Å². The summed E-state index contributed by atoms with van der Waals surface area (Å²) in [6.45, 7) is 4.15. The van der Waals surface area contributed by atoms with Crippen molar-refractivity contribution < 1.29 is 0 Å². The number of pyridine rings is 1. The van der Waals surface area contributed by atoms with Crippen molar-refractivity contribution in [3.05, 3.63) is 64.7 Å². The van der Waals surface area contributed by atoms with Crippen molar-refractivity contribution in [2.75, 3.05) is 0 Å². The summed E-state index contributed by atoms with van der Waals surface area (Å²) in [5.41, 5.74) is 11.1. The molecular formula is C21H20N6. The van der Waals surface area contributed by atoms with Crippen LogP contribution in [0.5, 0.6) is 0 Å². The van der Waals surface area contributed by atoms with E-state index in [0.29, 0.717) is 0 Å². The van der Waals surface area contributed by atoms with Gasteiger partial charge in [0.2, 0.25) is 0 Å². The van der Waals surface area contributed by atoms with Gasteiger partial charge in [0.1, 0.15) is 5.52 Å². The summed E-state index contributed by atoms with van der Waals surface area (Å²) in [5.74, 6) is 0. The van der Waals surface area contributed by atoms with E-state index >= 15 is 0 Å². The van der Waals surface area contributed by atoms with Gasteiger partial charge in [0, 0.05) is 49.1 Å². The molecule has 3 heterocycles. The Bertz CT molecular complexity index is 1240. The summed E-state index contributed by atoms with van der Waals surface area (Å²) in [7, 11) is 3.90. The van der Waals surface area contributed by atoms with Crippen LogP contribution in [-0.2, 0) is 20.5 Å². The van der Waals surface area contributed by atoms with Gasteiger partial charge in [-0.05, 0) is 43.2 Å². The number of benzene rings is 1. The Kier molecular flexibility index (Phi) is 3.31. The zero-order chi connectivity index (χ0) is 18.7. The van der Waals surface area contributed by atoms with Gasteiger partial charge in [0.05, 0.1) is 16.9 Å². The molecule has 0 radical (unpaired) electrons. The quantitative estimate of drug-likeness (QED) is 0.552. The Morgan fingerprint density at radius 2 is 1.85 bits per heavy atom. The van der Waals surface area contributed by atoms with Crippen LogP contribution in [0.2, 0.25) is 0 Å². The van der Waals surface area contributed by atoms with Crippen molar-refractivity contribution in [3.63, 3.8) is 0 Å². The first kappa shape index (κ1) is 15.9. The Morgan fingerprint density at radius 1 is 1.00 bits per heavy atom. The third kappa shape index (κ3) is 2.33. The highest BCUT2D eigenvalue weighted by atomic mass is 15.4. The number of fused-ring (bicyclic) bond motifs is 2. The second-order valence-electron chi connectivity index (χ2n) is 7.13. The number of hydrogen-bond acceptors (Lipinski definition) is 4. The number of aromatic nitrogens is 6. The zero-order valence-electron chi connectivity index (χ0n) is 15.9. The maximum atomic E-state index is 4.75. The van der Waals surface area contributed by atoms with Crippen LogP contribution in [0.1, 0.15) is 28.2 Å². The van der Waals surface area contributed by atoms with Gasteiger partial charge < -0.3 is 0 Å². The van der Waals surface area contributed by atoms with Gasteiger partial charge in [-0.25, -0.2) is 4.68 Å². The molecule has 3 aromatic heterocycles. The molecule has 1 aliphatic carbocycles. The predicted molar refractivity (Wildman–Crippen MR) is 105 cm³/mol. The SMILES string of the molecule is Cc1nn(C)c(C)c1-c1cnc2c(c1)C(c1ccc3nnn(C)c3c1)=CC2. The van der Waals surface area contributed by atoms with Gasteiger partial charge in [0.15, 0.2) is 0 Å². The van der Waals surface area contributed by atoms with Crippen LogP contribution in [0.3, 0.4) is 0 Å². The predicted octanol–water partition coefficient (Wildman–Crippen LogP) is 3.37. The highest BCUT2D eigenvalue weighted by Crippen LogP contribution is 2.36. The van der Waals surface area contributed by atoms with Crippen molar-refractivity contribution in [1.29, 1.82) is 0 Å². The van der Waals surface area contributed by atoms with E-state index in [1.807, 2.05) is 35.7 Å². The van der Waals surface area contributed by atoms with E-state index in [2.05, 4.69) is 53.5 Å². The molecule has 0 fully saturated rings. The fraction of sp³-hybridized carbons (Fsp3) is 0.238. The van der Waals surface area contributed by atoms with E-state index in [1.54, 1.807) is 0 Å². The molecule has 0 N–H and O–H groups in total. The van der Waals surface area contributed by atoms with E-state index in [-0.39, 0.29) is 0 Å². The van der Waals surface area contributed by atoms with Crippen molar-refractivity contribution in [2.45, 2.75) is 20.3 Å². The fourth-order valence-electron chi connectivity index (χ4n) is 4.00. The molecule has 0 spiro atoms. The van der Waals surface area contributed by atoms with Crippen molar-refractivity contribution in [2.24, 2.45) is 14.1 Å². The smallest absolute Gasteiger partial charge is 0.113 e. The lowest BCUT2D eigenvalue weighted by Crippen LogP contribution is -1.95. The second kappa shape index (κ2) is 5.61. The maximum absolute atomic E-state index is 4.75. The van der Waals surface area contributed by atoms with Crippen LogP contribution in [-0.4, -0.2) is 29.8 Å². The molecule has 0 saturated heterocycles. The first-order valence-corrected chi connectivity index (χ1v) is 9.03. The normalized spacial score (nSPS) is 13.3. The maximum Gasteiger partial charge on any atom is 0.113 e. The van der Waals surface area contributed by atoms with Crippen molar-refractivity contribution in [3.8, 4) is 11.1 Å². The van der Waals surface area contributed by atoms with Crippen LogP contribution in [0, 0.1) is 13.8 Å². The lowest BCUT2D eigenvalue weighted by atomic mass is 9.97. The minimum Gasteiger partial charge on any atom is -0.272 e. The molecule has 134 valence electrons. The van der Waals surface area contributed by atoms with Crippen LogP contribution in [0.4, 0.5) is 0 Å². The summed E-state index contributed by atoms with van der Waals surface area (Å²) in [5, 5.41) is 12.8. The first-order chi connectivity index (χ1) is 13.0. The van der Waals surface area contributed by atoms with E-state index in [1.165, 1.54) is 22.3 Å². The Hall–Kier alpha value is -3.28. The average Bonchev–Trinajstić information content (AvgIpc) is 3.31. The van der Waals surface area contributed by atoms with Crippen LogP contribution in [0.25, 0.3) is 27.7 Å². The largest absolute Gasteiger partial charge is 0.272 e. The minimum atomic E-state index is 0.859. The summed E-state index contributed by atoms with van der Waals surface area (Å²) in [6.07, 6.45) is 5.09. The van der Waals surface area contributed by atoms with E-state index in [4.69, 9.17) is 4.98 Å². The monoisotopic (exact) mass is 356 g/mol. The molecule has 0 saturated carbocycles. The molecule has 0 aliphatic heterocycles. The minimum absolute atomic E-state index is 0.859. The Labute approximate surface area is 157 Å². The van der Waals surface area contributed by atoms with Gasteiger partial charge in [-0.3, -0.25) is 9.67 Å². The molecule has 0 unspecified atom stereocenters. The van der Waals surface area contributed by atoms with Gasteiger partial charge in [-0.1, -0.05) is 17.4 Å². The van der Waals surface area contributed by atoms with Crippen LogP contribution in [0.15, 0.2) is 36.5 Å². The number of aryl methyl sites for hydroxylation is 3. The topological polar surface area (TPSA) is 61.4 Å². The Balaban J connectivity index is 1.64. The number of allylic oxidation sites excluding steroid dienone is 1. The van der Waals surface area contributed by atoms with Crippen molar-refractivity contribution >= 4 is 16.6 Å². The lowest BCUT2D eigenvalue weighted by molar-refractivity contribution is 0.731. The zero-order valence-corrected chi connectivity index (χ0v) is 15.9. The average molecular weight is 356 g/mol. The number of hydrogen-bond donors (Lipinski definition) is 0. The fourth-order valence-corrected chi connectivity index (χ4v) is 4.00. The summed E-state index contributed by atoms with van der Waals surface area (Å²) < 4.78 is 3.74. The molecule has 6 heteroatoms. The molecule has 1 aliphatic rings. The molecule has 0 atom stereocenters. The molecule has 0 bridgehead atoms. The van der Waals surface area contributed by atoms with Gasteiger partial charge >= 0.3 is 0 Å². The lowest BCUT2D eigenvalue weighted by Gasteiger charge is -2.09. The molecular weight excluding hydrogens is 336 g/mol. The summed E-state index contributed by atoms with van der Waals surface area (Å²) >= 11 is 0. The third-order valence-corrected chi connectivity index (χ3v) is 5.48. The van der Waals surface area contributed by atoms with E-state index < -0.39 is 0 Å². The molecule has 4 aromatic rings. The number of nitrogens with zero attached hydrogens (tertiary/aromatic N) is 6. The summed E-state index contributed by atoms with van der Waals surface area (Å²) in [4.78, 5) is 4.75. The summed E-state index contributed by atoms with van der Waals surface area (Å²) in [6, 6.07) is 8.56. The second-order valence-corrected chi connectivity index (χ2v) is 7.13. The van der Waals surface area contributed by atoms with Crippen LogP contribution < -0.4 is 0 Å². The van der Waals surface area contributed by atoms with Crippen LogP contribution >= 0.6 is 0 Å². The first-order valence-electron chi connectivity index (χ1n) is 9.03. The van der Waals surface area contributed by atoms with Gasteiger partial charge in [0.25, 0.3) is 0 Å². The molecule has 1 aromatic carbocycles. The van der Waals surface area contributed by atoms with Crippen molar-refractivity contribution in [1.82, 2.24) is 29.8 Å². The molecule has 5 rings (SSSR count). The highest BCUT2D eigenvalue weighted by molar-refractivity contribution is 5.89. The Morgan fingerprint density at radius 3 is 2.63 bits per heavy atom. The third-order valence-electron chi connectivity index (χ3n) is 5.48. The molecule has 27 heavy (non-hydrogen) atoms. The van der Waals surface area contributed by atoms with Gasteiger partial charge in [-0.2, -0.15) is 5.10 Å². The van der Waals surface area contributed by atoms with E-state index in [0.717, 1.165) is 40.1 Å². The number of rotatable bonds is 2. The standard InChI is InChI=1S/C21H20N6/c1-12-21(13(2)26(3)24-12)15-9-17-16(6-8-18(17)22-11-15)14-5-7-19-20(10-14)27(4)25-23-19/h5-7,9-11H,8H2,1-4H3. The van der Waals surface area contributed by atoms with E-state index in [9.17, 15) is 0 Å². The molecule has 0 amide bonds.